The lowest BCUT2D eigenvalue weighted by atomic mass is 10.0. The van der Waals surface area contributed by atoms with Crippen molar-refractivity contribution in [2.24, 2.45) is 0 Å². The molecule has 80 valence electrons. The Kier molecular flexibility index (Phi) is 3.07. The van der Waals surface area contributed by atoms with Crippen LogP contribution in [0.3, 0.4) is 0 Å². The lowest BCUT2D eigenvalue weighted by Gasteiger charge is -2.24. The summed E-state index contributed by atoms with van der Waals surface area (Å²) in [5, 5.41) is 0. The largest absolute Gasteiger partial charge is 0.497 e. The van der Waals surface area contributed by atoms with Crippen LogP contribution >= 0.6 is 0 Å². The third-order valence-electron chi connectivity index (χ3n) is 2.62. The average molecular weight is 204 g/mol. The van der Waals surface area contributed by atoms with Gasteiger partial charge in [0.05, 0.1) is 19.3 Å². The number of methoxy groups -OCH3 is 1. The van der Waals surface area contributed by atoms with E-state index < -0.39 is 0 Å². The summed E-state index contributed by atoms with van der Waals surface area (Å²) in [7, 11) is 1.68. The Bertz CT molecular complexity index is 340. The second-order valence-corrected chi connectivity index (χ2v) is 3.77. The van der Waals surface area contributed by atoms with Crippen LogP contribution < -0.4 is 4.74 Å². The van der Waals surface area contributed by atoms with Crippen LogP contribution in [-0.4, -0.2) is 13.2 Å². The molecule has 2 nitrogen and oxygen atoms in total. The molecule has 2 heteroatoms. The van der Waals surface area contributed by atoms with Crippen molar-refractivity contribution >= 4 is 0 Å². The second-order valence-electron chi connectivity index (χ2n) is 3.77. The average Bonchev–Trinajstić information content (AvgIpc) is 2.29. The number of rotatable bonds is 2. The molecule has 0 saturated heterocycles. The number of benzene rings is 1. The van der Waals surface area contributed by atoms with Crippen LogP contribution in [0.2, 0.25) is 0 Å². The fraction of sp³-hybridized carbons (Fsp3) is 0.385. The summed E-state index contributed by atoms with van der Waals surface area (Å²) in [6.07, 6.45) is 5.64. The van der Waals surface area contributed by atoms with Crippen molar-refractivity contribution < 1.29 is 9.47 Å². The Balaban J connectivity index is 2.12. The van der Waals surface area contributed by atoms with Gasteiger partial charge >= 0.3 is 0 Å². The summed E-state index contributed by atoms with van der Waals surface area (Å²) in [5.41, 5.74) is 1.21. The quantitative estimate of drug-likeness (QED) is 0.689. The Hall–Kier alpha value is -1.28. The lowest BCUT2D eigenvalue weighted by Crippen LogP contribution is -2.14. The first-order valence-corrected chi connectivity index (χ1v) is 5.25. The number of ether oxygens (including phenoxy) is 2. The van der Waals surface area contributed by atoms with Crippen molar-refractivity contribution in [2.45, 2.75) is 25.6 Å². The summed E-state index contributed by atoms with van der Waals surface area (Å²) in [5.74, 6) is 0.887. The molecule has 0 fully saturated rings. The maximum atomic E-state index is 5.82. The van der Waals surface area contributed by atoms with Crippen molar-refractivity contribution in [1.29, 1.82) is 0 Å². The van der Waals surface area contributed by atoms with E-state index in [9.17, 15) is 0 Å². The van der Waals surface area contributed by atoms with Gasteiger partial charge in [-0.1, -0.05) is 24.3 Å². The molecule has 0 bridgehead atoms. The first kappa shape index (κ1) is 10.2. The molecule has 0 aromatic heterocycles. The first-order valence-electron chi connectivity index (χ1n) is 5.25. The van der Waals surface area contributed by atoms with Crippen LogP contribution in [-0.2, 0) is 4.74 Å². The van der Waals surface area contributed by atoms with Crippen LogP contribution in [0.15, 0.2) is 36.4 Å². The van der Waals surface area contributed by atoms with Gasteiger partial charge in [0.2, 0.25) is 0 Å². The van der Waals surface area contributed by atoms with Crippen LogP contribution in [0, 0.1) is 0 Å². The van der Waals surface area contributed by atoms with Crippen LogP contribution in [0.4, 0.5) is 0 Å². The highest BCUT2D eigenvalue weighted by Crippen LogP contribution is 2.28. The first-order chi connectivity index (χ1) is 7.29. The van der Waals surface area contributed by atoms with E-state index in [4.69, 9.17) is 9.47 Å². The van der Waals surface area contributed by atoms with Crippen molar-refractivity contribution in [3.05, 3.63) is 42.0 Å². The normalized spacial score (nSPS) is 25.2. The molecule has 2 atom stereocenters. The third kappa shape index (κ3) is 2.39. The van der Waals surface area contributed by atoms with Crippen molar-refractivity contribution in [2.75, 3.05) is 7.11 Å². The second kappa shape index (κ2) is 4.49. The molecular formula is C13H16O2. The standard InChI is InChI=1S/C13H16O2/c1-10-4-3-5-13(15-10)11-6-8-12(14-2)9-7-11/h3-4,6-10,13H,5H2,1-2H3/t10-,13-/m0/s1. The zero-order valence-electron chi connectivity index (χ0n) is 9.14. The topological polar surface area (TPSA) is 18.5 Å². The van der Waals surface area contributed by atoms with E-state index in [0.29, 0.717) is 0 Å². The molecular weight excluding hydrogens is 188 g/mol. The van der Waals surface area contributed by atoms with E-state index in [1.165, 1.54) is 5.56 Å². The molecule has 2 rings (SSSR count). The van der Waals surface area contributed by atoms with E-state index in [1.807, 2.05) is 12.1 Å². The molecule has 0 radical (unpaired) electrons. The fourth-order valence-electron chi connectivity index (χ4n) is 1.79. The van der Waals surface area contributed by atoms with Gasteiger partial charge in [-0.15, -0.1) is 0 Å². The SMILES string of the molecule is COc1ccc([C@@H]2CC=C[C@H](C)O2)cc1. The van der Waals surface area contributed by atoms with E-state index in [1.54, 1.807) is 7.11 Å². The molecule has 1 heterocycles. The summed E-state index contributed by atoms with van der Waals surface area (Å²) >= 11 is 0. The maximum Gasteiger partial charge on any atom is 0.118 e. The van der Waals surface area contributed by atoms with Crippen LogP contribution in [0.5, 0.6) is 5.75 Å². The van der Waals surface area contributed by atoms with Crippen molar-refractivity contribution in [3.8, 4) is 5.75 Å². The molecule has 1 aromatic carbocycles. The van der Waals surface area contributed by atoms with E-state index in [-0.39, 0.29) is 12.2 Å². The van der Waals surface area contributed by atoms with Gasteiger partial charge in [-0.05, 0) is 31.0 Å². The van der Waals surface area contributed by atoms with Crippen LogP contribution in [0.1, 0.15) is 25.0 Å². The van der Waals surface area contributed by atoms with Gasteiger partial charge in [0.15, 0.2) is 0 Å². The van der Waals surface area contributed by atoms with Gasteiger partial charge in [-0.2, -0.15) is 0 Å². The molecule has 0 aliphatic carbocycles. The predicted molar refractivity (Wildman–Crippen MR) is 60.0 cm³/mol. The Morgan fingerprint density at radius 2 is 2.00 bits per heavy atom. The monoisotopic (exact) mass is 204 g/mol. The fourth-order valence-corrected chi connectivity index (χ4v) is 1.79. The van der Waals surface area contributed by atoms with E-state index in [2.05, 4.69) is 31.2 Å². The van der Waals surface area contributed by atoms with Gasteiger partial charge in [-0.25, -0.2) is 0 Å². The predicted octanol–water partition coefficient (Wildman–Crippen LogP) is 3.10. The molecule has 1 aliphatic rings. The molecule has 0 unspecified atom stereocenters. The molecule has 0 spiro atoms. The van der Waals surface area contributed by atoms with Crippen molar-refractivity contribution in [3.63, 3.8) is 0 Å². The number of hydrogen-bond donors (Lipinski definition) is 0. The van der Waals surface area contributed by atoms with Gasteiger partial charge < -0.3 is 9.47 Å². The minimum Gasteiger partial charge on any atom is -0.497 e. The van der Waals surface area contributed by atoms with Gasteiger partial charge in [0.25, 0.3) is 0 Å². The Labute approximate surface area is 90.5 Å². The van der Waals surface area contributed by atoms with Crippen molar-refractivity contribution in [1.82, 2.24) is 0 Å². The molecule has 1 aromatic rings. The number of hydrogen-bond acceptors (Lipinski definition) is 2. The van der Waals surface area contributed by atoms with Gasteiger partial charge in [-0.3, -0.25) is 0 Å². The van der Waals surface area contributed by atoms with Gasteiger partial charge in [0.1, 0.15) is 5.75 Å². The minimum absolute atomic E-state index is 0.191. The highest BCUT2D eigenvalue weighted by atomic mass is 16.5. The Morgan fingerprint density at radius 1 is 1.27 bits per heavy atom. The summed E-state index contributed by atoms with van der Waals surface area (Å²) in [6, 6.07) is 8.08. The third-order valence-corrected chi connectivity index (χ3v) is 2.62. The lowest BCUT2D eigenvalue weighted by molar-refractivity contribution is 0.0146. The Morgan fingerprint density at radius 3 is 2.60 bits per heavy atom. The zero-order valence-corrected chi connectivity index (χ0v) is 9.14. The molecule has 1 aliphatic heterocycles. The highest BCUT2D eigenvalue weighted by molar-refractivity contribution is 5.29. The summed E-state index contributed by atoms with van der Waals surface area (Å²) in [6.45, 7) is 2.06. The summed E-state index contributed by atoms with van der Waals surface area (Å²) in [4.78, 5) is 0. The minimum atomic E-state index is 0.191. The summed E-state index contributed by atoms with van der Waals surface area (Å²) < 4.78 is 10.9. The van der Waals surface area contributed by atoms with Gasteiger partial charge in [0, 0.05) is 0 Å². The van der Waals surface area contributed by atoms with Crippen LogP contribution in [0.25, 0.3) is 0 Å². The molecule has 0 saturated carbocycles. The zero-order chi connectivity index (χ0) is 10.7. The van der Waals surface area contributed by atoms with E-state index >= 15 is 0 Å². The maximum absolute atomic E-state index is 5.82. The molecule has 0 N–H and O–H groups in total. The smallest absolute Gasteiger partial charge is 0.118 e. The molecule has 15 heavy (non-hydrogen) atoms. The molecule has 0 amide bonds. The highest BCUT2D eigenvalue weighted by Gasteiger charge is 2.16. The van der Waals surface area contributed by atoms with E-state index in [0.717, 1.165) is 12.2 Å².